The average Bonchev–Trinajstić information content (AvgIpc) is 3.09. The van der Waals surface area contributed by atoms with Gasteiger partial charge in [0.1, 0.15) is 5.82 Å². The molecule has 4 rings (SSSR count). The molecule has 1 aliphatic heterocycles. The van der Waals surface area contributed by atoms with Crippen molar-refractivity contribution in [3.63, 3.8) is 0 Å². The maximum absolute atomic E-state index is 4.79. The normalized spacial score (nSPS) is 15.5. The van der Waals surface area contributed by atoms with Crippen LogP contribution >= 0.6 is 0 Å². The molecule has 3 aromatic rings. The van der Waals surface area contributed by atoms with Gasteiger partial charge in [0.25, 0.3) is 0 Å². The van der Waals surface area contributed by atoms with Crippen molar-refractivity contribution in [3.05, 3.63) is 46.8 Å². The van der Waals surface area contributed by atoms with E-state index < -0.39 is 0 Å². The van der Waals surface area contributed by atoms with Crippen molar-refractivity contribution in [1.29, 1.82) is 0 Å². The molecule has 0 bridgehead atoms. The molecule has 0 unspecified atom stereocenters. The van der Waals surface area contributed by atoms with Gasteiger partial charge in [-0.2, -0.15) is 0 Å². The number of imidazole rings is 2. The summed E-state index contributed by atoms with van der Waals surface area (Å²) in [5.41, 5.74) is 7.24. The van der Waals surface area contributed by atoms with Gasteiger partial charge in [-0.1, -0.05) is 6.07 Å². The van der Waals surface area contributed by atoms with Crippen molar-refractivity contribution in [2.75, 3.05) is 6.54 Å². The number of hydrogen-bond donors (Lipinski definition) is 2. The second kappa shape index (κ2) is 4.70. The lowest BCUT2D eigenvalue weighted by Gasteiger charge is -2.24. The summed E-state index contributed by atoms with van der Waals surface area (Å²) < 4.78 is 0. The summed E-state index contributed by atoms with van der Waals surface area (Å²) in [6.07, 6.45) is 2.80. The quantitative estimate of drug-likeness (QED) is 0.758. The fraction of sp³-hybridized carbons (Fsp3) is 0.375. The van der Waals surface area contributed by atoms with Crippen molar-refractivity contribution in [2.24, 2.45) is 0 Å². The molecule has 0 radical (unpaired) electrons. The predicted octanol–water partition coefficient (Wildman–Crippen LogP) is 2.46. The van der Waals surface area contributed by atoms with Gasteiger partial charge in [0.2, 0.25) is 0 Å². The Morgan fingerprint density at radius 2 is 2.19 bits per heavy atom. The van der Waals surface area contributed by atoms with Crippen molar-refractivity contribution < 1.29 is 0 Å². The van der Waals surface area contributed by atoms with Gasteiger partial charge in [0.15, 0.2) is 0 Å². The minimum Gasteiger partial charge on any atom is -0.347 e. The van der Waals surface area contributed by atoms with Crippen molar-refractivity contribution in [1.82, 2.24) is 24.8 Å². The SMILES string of the molecule is Cc1ccc2[nH]c(CN3CCc4nc[nH]c4C3)nc2c1C. The Morgan fingerprint density at radius 3 is 3.10 bits per heavy atom. The fourth-order valence-corrected chi connectivity index (χ4v) is 3.05. The lowest BCUT2D eigenvalue weighted by molar-refractivity contribution is 0.236. The zero-order valence-corrected chi connectivity index (χ0v) is 12.4. The Balaban J connectivity index is 1.59. The van der Waals surface area contributed by atoms with Gasteiger partial charge in [-0.25, -0.2) is 9.97 Å². The van der Waals surface area contributed by atoms with Gasteiger partial charge in [-0.3, -0.25) is 4.90 Å². The molecule has 0 saturated heterocycles. The second-order valence-electron chi connectivity index (χ2n) is 5.88. The molecule has 3 heterocycles. The van der Waals surface area contributed by atoms with E-state index in [-0.39, 0.29) is 0 Å². The van der Waals surface area contributed by atoms with Gasteiger partial charge in [0, 0.05) is 19.5 Å². The van der Waals surface area contributed by atoms with Gasteiger partial charge >= 0.3 is 0 Å². The molecule has 0 atom stereocenters. The Kier molecular flexibility index (Phi) is 2.82. The maximum atomic E-state index is 4.79. The molecule has 0 fully saturated rings. The van der Waals surface area contributed by atoms with E-state index >= 15 is 0 Å². The minimum absolute atomic E-state index is 0.853. The molecule has 1 aromatic carbocycles. The van der Waals surface area contributed by atoms with E-state index in [1.54, 1.807) is 6.33 Å². The van der Waals surface area contributed by atoms with Crippen molar-refractivity contribution >= 4 is 11.0 Å². The zero-order chi connectivity index (χ0) is 14.4. The highest BCUT2D eigenvalue weighted by Gasteiger charge is 2.19. The zero-order valence-electron chi connectivity index (χ0n) is 12.4. The predicted molar refractivity (Wildman–Crippen MR) is 82.0 cm³/mol. The number of hydrogen-bond acceptors (Lipinski definition) is 3. The molecule has 0 saturated carbocycles. The van der Waals surface area contributed by atoms with Crippen LogP contribution < -0.4 is 0 Å². The number of aryl methyl sites for hydroxylation is 2. The first-order valence-corrected chi connectivity index (χ1v) is 7.39. The van der Waals surface area contributed by atoms with E-state index in [2.05, 4.69) is 45.8 Å². The average molecular weight is 281 g/mol. The number of fused-ring (bicyclic) bond motifs is 2. The van der Waals surface area contributed by atoms with Gasteiger partial charge in [-0.05, 0) is 31.0 Å². The Labute approximate surface area is 123 Å². The van der Waals surface area contributed by atoms with E-state index in [0.717, 1.165) is 42.9 Å². The summed E-state index contributed by atoms with van der Waals surface area (Å²) in [4.78, 5) is 18.2. The number of aromatic amines is 2. The van der Waals surface area contributed by atoms with Crippen LogP contribution in [0.15, 0.2) is 18.5 Å². The van der Waals surface area contributed by atoms with Crippen LogP contribution in [0.2, 0.25) is 0 Å². The molecule has 5 nitrogen and oxygen atoms in total. The van der Waals surface area contributed by atoms with Crippen LogP contribution in [0, 0.1) is 13.8 Å². The van der Waals surface area contributed by atoms with Crippen LogP contribution in [0.5, 0.6) is 0 Å². The molecular formula is C16H19N5. The molecule has 5 heteroatoms. The van der Waals surface area contributed by atoms with Crippen LogP contribution in [0.3, 0.4) is 0 Å². The van der Waals surface area contributed by atoms with Gasteiger partial charge in [0.05, 0.1) is 35.3 Å². The molecule has 2 aromatic heterocycles. The highest BCUT2D eigenvalue weighted by molar-refractivity contribution is 5.79. The summed E-state index contributed by atoms with van der Waals surface area (Å²) in [5, 5.41) is 0. The summed E-state index contributed by atoms with van der Waals surface area (Å²) in [7, 11) is 0. The molecule has 21 heavy (non-hydrogen) atoms. The summed E-state index contributed by atoms with van der Waals surface area (Å²) in [6.45, 7) is 7.08. The Morgan fingerprint density at radius 1 is 1.29 bits per heavy atom. The first kappa shape index (κ1) is 12.6. The summed E-state index contributed by atoms with van der Waals surface area (Å²) >= 11 is 0. The fourth-order valence-electron chi connectivity index (χ4n) is 3.05. The van der Waals surface area contributed by atoms with Crippen LogP contribution in [-0.2, 0) is 19.5 Å². The van der Waals surface area contributed by atoms with Crippen LogP contribution in [-0.4, -0.2) is 31.4 Å². The van der Waals surface area contributed by atoms with Crippen molar-refractivity contribution in [2.45, 2.75) is 33.4 Å². The van der Waals surface area contributed by atoms with Crippen LogP contribution in [0.4, 0.5) is 0 Å². The van der Waals surface area contributed by atoms with Gasteiger partial charge in [-0.15, -0.1) is 0 Å². The number of rotatable bonds is 2. The Hall–Kier alpha value is -2.14. The molecule has 0 spiro atoms. The smallest absolute Gasteiger partial charge is 0.121 e. The minimum atomic E-state index is 0.853. The third-order valence-corrected chi connectivity index (χ3v) is 4.45. The van der Waals surface area contributed by atoms with E-state index in [9.17, 15) is 0 Å². The second-order valence-corrected chi connectivity index (χ2v) is 5.88. The Bertz CT molecular complexity index is 798. The first-order valence-electron chi connectivity index (χ1n) is 7.39. The van der Waals surface area contributed by atoms with Crippen LogP contribution in [0.1, 0.15) is 28.3 Å². The molecule has 0 amide bonds. The molecule has 1 aliphatic rings. The molecular weight excluding hydrogens is 262 g/mol. The number of aromatic nitrogens is 4. The highest BCUT2D eigenvalue weighted by Crippen LogP contribution is 2.21. The van der Waals surface area contributed by atoms with Crippen molar-refractivity contribution in [3.8, 4) is 0 Å². The molecule has 108 valence electrons. The molecule has 2 N–H and O–H groups in total. The summed E-state index contributed by atoms with van der Waals surface area (Å²) in [6, 6.07) is 4.27. The topological polar surface area (TPSA) is 60.6 Å². The van der Waals surface area contributed by atoms with E-state index in [0.29, 0.717) is 0 Å². The lowest BCUT2D eigenvalue weighted by atomic mass is 10.1. The molecule has 0 aliphatic carbocycles. The first-order chi connectivity index (χ1) is 10.2. The van der Waals surface area contributed by atoms with Crippen LogP contribution in [0.25, 0.3) is 11.0 Å². The third-order valence-electron chi connectivity index (χ3n) is 4.45. The highest BCUT2D eigenvalue weighted by atomic mass is 15.2. The van der Waals surface area contributed by atoms with E-state index in [1.165, 1.54) is 22.5 Å². The number of H-pyrrole nitrogens is 2. The third kappa shape index (κ3) is 2.14. The van der Waals surface area contributed by atoms with E-state index in [1.807, 2.05) is 0 Å². The standard InChI is InChI=1S/C16H19N5/c1-10-3-4-13-16(11(10)2)20-15(19-13)8-21-6-5-12-14(7-21)18-9-17-12/h3-4,9H,5-8H2,1-2H3,(H,17,18)(H,19,20). The maximum Gasteiger partial charge on any atom is 0.121 e. The van der Waals surface area contributed by atoms with E-state index in [4.69, 9.17) is 4.98 Å². The lowest BCUT2D eigenvalue weighted by Crippen LogP contribution is -2.30. The summed E-state index contributed by atoms with van der Waals surface area (Å²) in [5.74, 6) is 1.04. The largest absolute Gasteiger partial charge is 0.347 e. The number of benzene rings is 1. The number of nitrogens with one attached hydrogen (secondary N) is 2. The van der Waals surface area contributed by atoms with Gasteiger partial charge < -0.3 is 9.97 Å². The number of nitrogens with zero attached hydrogens (tertiary/aromatic N) is 3. The monoisotopic (exact) mass is 281 g/mol.